The van der Waals surface area contributed by atoms with Gasteiger partial charge in [0.2, 0.25) is 11.8 Å². The molecule has 222 valence electrons. The van der Waals surface area contributed by atoms with Gasteiger partial charge in [-0.25, -0.2) is 4.79 Å². The molecule has 4 amide bonds. The number of likely N-dealkylation sites (tertiary alicyclic amines) is 1. The molecule has 2 heterocycles. The van der Waals surface area contributed by atoms with E-state index in [1.165, 1.54) is 11.8 Å². The normalized spacial score (nSPS) is 18.9. The largest absolute Gasteiger partial charge is 0.444 e. The molecular weight excluding hydrogens is 528 g/mol. The van der Waals surface area contributed by atoms with E-state index in [1.807, 2.05) is 72.4 Å². The van der Waals surface area contributed by atoms with Crippen LogP contribution in [0.5, 0.6) is 0 Å². The Balaban J connectivity index is 1.92. The van der Waals surface area contributed by atoms with Gasteiger partial charge in [-0.05, 0) is 85.9 Å². The summed E-state index contributed by atoms with van der Waals surface area (Å²) in [6.07, 6.45) is 1.59. The quantitative estimate of drug-likeness (QED) is 0.493. The fraction of sp³-hybridized carbons (Fsp3) is 0.667. The van der Waals surface area contributed by atoms with Crippen LogP contribution in [0.3, 0.4) is 0 Å². The molecule has 10 heteroatoms. The maximum atomic E-state index is 14.2. The van der Waals surface area contributed by atoms with Crippen molar-refractivity contribution in [2.75, 3.05) is 31.1 Å². The summed E-state index contributed by atoms with van der Waals surface area (Å²) in [6, 6.07) is 3.57. The number of nitrogens with one attached hydrogen (secondary N) is 1. The number of rotatable bonds is 7. The number of carbonyl (C=O) groups excluding carboxylic acids is 4. The minimum Gasteiger partial charge on any atom is -0.444 e. The van der Waals surface area contributed by atoms with Crippen LogP contribution < -0.4 is 10.2 Å². The lowest BCUT2D eigenvalue weighted by Crippen LogP contribution is -2.54. The Morgan fingerprint density at radius 3 is 2.50 bits per heavy atom. The molecule has 1 N–H and O–H groups in total. The summed E-state index contributed by atoms with van der Waals surface area (Å²) < 4.78 is 4.93. The van der Waals surface area contributed by atoms with Crippen LogP contribution in [0.15, 0.2) is 17.0 Å². The lowest BCUT2D eigenvalue weighted by Gasteiger charge is -2.42. The van der Waals surface area contributed by atoms with Crippen molar-refractivity contribution in [1.82, 2.24) is 15.1 Å². The Morgan fingerprint density at radius 2 is 1.90 bits per heavy atom. The highest BCUT2D eigenvalue weighted by atomic mass is 32.2. The summed E-state index contributed by atoms with van der Waals surface area (Å²) in [5.74, 6) is -0.245. The van der Waals surface area contributed by atoms with Gasteiger partial charge >= 0.3 is 6.09 Å². The molecule has 0 aliphatic carbocycles. The van der Waals surface area contributed by atoms with Gasteiger partial charge < -0.3 is 24.8 Å². The first-order valence-corrected chi connectivity index (χ1v) is 15.1. The average molecular weight is 575 g/mol. The molecule has 1 saturated heterocycles. The van der Waals surface area contributed by atoms with Crippen LogP contribution in [0.2, 0.25) is 0 Å². The van der Waals surface area contributed by atoms with Gasteiger partial charge in [0, 0.05) is 49.1 Å². The maximum absolute atomic E-state index is 14.2. The number of hydrogen-bond donors (Lipinski definition) is 1. The molecule has 3 rings (SSSR count). The van der Waals surface area contributed by atoms with Crippen LogP contribution in [0.4, 0.5) is 10.5 Å². The third-order valence-corrected chi connectivity index (χ3v) is 8.40. The average Bonchev–Trinajstić information content (AvgIpc) is 2.84. The zero-order valence-electron chi connectivity index (χ0n) is 25.6. The van der Waals surface area contributed by atoms with E-state index in [-0.39, 0.29) is 35.9 Å². The van der Waals surface area contributed by atoms with Gasteiger partial charge in [0.15, 0.2) is 0 Å². The molecule has 0 spiro atoms. The van der Waals surface area contributed by atoms with Crippen molar-refractivity contribution in [2.45, 2.75) is 109 Å². The van der Waals surface area contributed by atoms with E-state index in [2.05, 4.69) is 5.32 Å². The van der Waals surface area contributed by atoms with Crippen LogP contribution in [-0.4, -0.2) is 82.2 Å². The van der Waals surface area contributed by atoms with Crippen LogP contribution in [-0.2, 0) is 14.3 Å². The van der Waals surface area contributed by atoms with E-state index < -0.39 is 10.3 Å². The second-order valence-electron chi connectivity index (χ2n) is 12.4. The van der Waals surface area contributed by atoms with Crippen LogP contribution in [0.1, 0.15) is 90.6 Å². The minimum atomic E-state index is -0.670. The number of hydrogen-bond acceptors (Lipinski definition) is 6. The number of nitrogens with zero attached hydrogens (tertiary/aromatic N) is 3. The lowest BCUT2D eigenvalue weighted by atomic mass is 9.99. The molecule has 0 aromatic heterocycles. The Morgan fingerprint density at radius 1 is 1.23 bits per heavy atom. The van der Waals surface area contributed by atoms with E-state index >= 15 is 0 Å². The maximum Gasteiger partial charge on any atom is 0.410 e. The molecule has 0 saturated carbocycles. The first kappa shape index (κ1) is 31.8. The molecule has 0 bridgehead atoms. The van der Waals surface area contributed by atoms with Crippen molar-refractivity contribution >= 4 is 41.3 Å². The van der Waals surface area contributed by atoms with Gasteiger partial charge in [0.05, 0.1) is 16.5 Å². The Kier molecular flexibility index (Phi) is 9.86. The fourth-order valence-electron chi connectivity index (χ4n) is 5.24. The number of benzene rings is 1. The number of carbonyl (C=O) groups is 4. The van der Waals surface area contributed by atoms with Crippen molar-refractivity contribution < 1.29 is 23.9 Å². The molecule has 1 aromatic rings. The Bertz CT molecular complexity index is 1140. The van der Waals surface area contributed by atoms with Crippen molar-refractivity contribution in [3.63, 3.8) is 0 Å². The molecule has 0 unspecified atom stereocenters. The monoisotopic (exact) mass is 574 g/mol. The molecule has 40 heavy (non-hydrogen) atoms. The first-order chi connectivity index (χ1) is 18.6. The van der Waals surface area contributed by atoms with Crippen molar-refractivity contribution in [1.29, 1.82) is 0 Å². The lowest BCUT2D eigenvalue weighted by molar-refractivity contribution is -0.122. The van der Waals surface area contributed by atoms with Crippen LogP contribution in [0.25, 0.3) is 0 Å². The summed E-state index contributed by atoms with van der Waals surface area (Å²) in [6.45, 7) is 18.7. The van der Waals surface area contributed by atoms with Crippen molar-refractivity contribution in [3.8, 4) is 0 Å². The standard InChI is InChI=1S/C30H46N4O5S/c1-10-25(35)31-13-15-33-23-17-22(20(4)16-24(23)40-30(8,9)27(33)37)26(36)34(19(2)3)21-12-11-14-32(18-21)28(38)39-29(5,6)7/h16-17,19,21H,10-15,18H2,1-9H3,(H,31,35)/t21-/m1/s1. The summed E-state index contributed by atoms with van der Waals surface area (Å²) in [5, 5.41) is 2.85. The van der Waals surface area contributed by atoms with Crippen molar-refractivity contribution in [3.05, 3.63) is 23.3 Å². The zero-order valence-corrected chi connectivity index (χ0v) is 26.4. The Labute approximate surface area is 243 Å². The first-order valence-electron chi connectivity index (χ1n) is 14.3. The number of aryl methyl sites for hydroxylation is 1. The summed E-state index contributed by atoms with van der Waals surface area (Å²) in [7, 11) is 0. The fourth-order valence-corrected chi connectivity index (χ4v) is 6.49. The van der Waals surface area contributed by atoms with Gasteiger partial charge in [-0.15, -0.1) is 11.8 Å². The van der Waals surface area contributed by atoms with Gasteiger partial charge in [-0.3, -0.25) is 14.4 Å². The van der Waals surface area contributed by atoms with E-state index in [0.717, 1.165) is 23.3 Å². The Hall–Kier alpha value is -2.75. The molecule has 1 fully saturated rings. The van der Waals surface area contributed by atoms with E-state index in [9.17, 15) is 19.2 Å². The highest BCUT2D eigenvalue weighted by Crippen LogP contribution is 2.46. The third-order valence-electron chi connectivity index (χ3n) is 7.16. The van der Waals surface area contributed by atoms with E-state index in [4.69, 9.17) is 4.74 Å². The molecule has 0 radical (unpaired) electrons. The molecular formula is C30H46N4O5S. The minimum absolute atomic E-state index is 0.0565. The van der Waals surface area contributed by atoms with Gasteiger partial charge in [-0.1, -0.05) is 6.92 Å². The highest BCUT2D eigenvalue weighted by Gasteiger charge is 2.41. The third kappa shape index (κ3) is 7.30. The van der Waals surface area contributed by atoms with Crippen molar-refractivity contribution in [2.24, 2.45) is 0 Å². The van der Waals surface area contributed by atoms with Gasteiger partial charge in [0.1, 0.15) is 5.60 Å². The summed E-state index contributed by atoms with van der Waals surface area (Å²) in [5.41, 5.74) is 1.48. The SMILES string of the molecule is CCC(=O)NCCN1C(=O)C(C)(C)Sc2cc(C)c(C(=O)N(C(C)C)[C@@H]3CCCN(C(=O)OC(C)(C)C)C3)cc21. The van der Waals surface area contributed by atoms with Crippen LogP contribution >= 0.6 is 11.8 Å². The predicted octanol–water partition coefficient (Wildman–Crippen LogP) is 4.99. The highest BCUT2D eigenvalue weighted by molar-refractivity contribution is 8.01. The van der Waals surface area contributed by atoms with Gasteiger partial charge in [-0.2, -0.15) is 0 Å². The molecule has 2 aliphatic rings. The summed E-state index contributed by atoms with van der Waals surface area (Å²) in [4.78, 5) is 58.5. The molecule has 1 atom stereocenters. The number of fused-ring (bicyclic) bond motifs is 1. The zero-order chi connectivity index (χ0) is 30.0. The number of anilines is 1. The van der Waals surface area contributed by atoms with Gasteiger partial charge in [0.25, 0.3) is 5.91 Å². The van der Waals surface area contributed by atoms with E-state index in [1.54, 1.807) is 16.7 Å². The number of amides is 4. The summed E-state index contributed by atoms with van der Waals surface area (Å²) >= 11 is 1.49. The smallest absolute Gasteiger partial charge is 0.410 e. The second kappa shape index (κ2) is 12.4. The molecule has 9 nitrogen and oxygen atoms in total. The molecule has 2 aliphatic heterocycles. The predicted molar refractivity (Wildman–Crippen MR) is 159 cm³/mol. The number of ether oxygens (including phenoxy) is 1. The number of piperidine rings is 1. The second-order valence-corrected chi connectivity index (χ2v) is 14.1. The van der Waals surface area contributed by atoms with Crippen LogP contribution in [0, 0.1) is 6.92 Å². The van der Waals surface area contributed by atoms with E-state index in [0.29, 0.717) is 43.9 Å². The topological polar surface area (TPSA) is 99.3 Å². The molecule has 1 aromatic carbocycles. The number of thioether (sulfide) groups is 1.